The van der Waals surface area contributed by atoms with E-state index in [1.807, 2.05) is 79.9 Å². The Morgan fingerprint density at radius 1 is 1.03 bits per heavy atom. The van der Waals surface area contributed by atoms with Gasteiger partial charge in [0, 0.05) is 42.9 Å². The minimum atomic E-state index is -0.166. The highest BCUT2D eigenvalue weighted by Gasteiger charge is 2.41. The van der Waals surface area contributed by atoms with Gasteiger partial charge in [0.05, 0.1) is 17.8 Å². The van der Waals surface area contributed by atoms with E-state index in [9.17, 15) is 4.79 Å². The molecular weight excluding hydrogens is 456 g/mol. The zero-order chi connectivity index (χ0) is 24.2. The van der Waals surface area contributed by atoms with Crippen LogP contribution in [0.3, 0.4) is 0 Å². The molecule has 0 radical (unpaired) electrons. The maximum Gasteiger partial charge on any atom is 0.226 e. The second-order valence-corrected chi connectivity index (χ2v) is 8.87. The van der Waals surface area contributed by atoms with Crippen molar-refractivity contribution < 1.29 is 4.79 Å². The molecule has 1 amide bonds. The maximum atomic E-state index is 12.8. The summed E-state index contributed by atoms with van der Waals surface area (Å²) in [4.78, 5) is 24.0. The summed E-state index contributed by atoms with van der Waals surface area (Å²) in [6.45, 7) is 2.47. The molecule has 0 saturated carbocycles. The number of anilines is 1. The number of hydrogen-bond acceptors (Lipinski definition) is 4. The lowest BCUT2D eigenvalue weighted by Crippen LogP contribution is -2.33. The van der Waals surface area contributed by atoms with E-state index in [4.69, 9.17) is 12.2 Å². The average molecular weight is 483 g/mol. The summed E-state index contributed by atoms with van der Waals surface area (Å²) in [5.41, 5.74) is 3.80. The predicted octanol–water partition coefficient (Wildman–Crippen LogP) is 4.58. The standard InChI is InChI=1S/C27H26N6OS/c1-19-8-6-9-20(18-19)30-24(34)13-17-33-26(25(31-27(33)35)21-10-2-4-14-28-21)22-11-7-16-32(22)23-12-3-5-15-29-23/h2-12,14-16,18,25-26H,13,17H2,1H3,(H,30,34)(H,31,35)/t25-,26-/m1/s1. The number of thiocarbonyl (C=S) groups is 1. The van der Waals surface area contributed by atoms with Gasteiger partial charge in [-0.15, -0.1) is 0 Å². The number of carbonyl (C=O) groups excluding carboxylic acids is 1. The Hall–Kier alpha value is -4.04. The molecule has 0 bridgehead atoms. The van der Waals surface area contributed by atoms with E-state index in [0.717, 1.165) is 28.5 Å². The molecule has 0 unspecified atom stereocenters. The lowest BCUT2D eigenvalue weighted by molar-refractivity contribution is -0.116. The molecule has 3 aromatic heterocycles. The van der Waals surface area contributed by atoms with Crippen LogP contribution >= 0.6 is 12.2 Å². The highest BCUT2D eigenvalue weighted by molar-refractivity contribution is 7.80. The first kappa shape index (κ1) is 22.7. The Balaban J connectivity index is 1.43. The maximum absolute atomic E-state index is 12.8. The van der Waals surface area contributed by atoms with Crippen molar-refractivity contribution in [2.24, 2.45) is 0 Å². The molecule has 4 aromatic rings. The number of carbonyl (C=O) groups is 1. The fourth-order valence-electron chi connectivity index (χ4n) is 4.48. The topological polar surface area (TPSA) is 75.1 Å². The van der Waals surface area contributed by atoms with Gasteiger partial charge < -0.3 is 20.1 Å². The molecule has 1 aliphatic heterocycles. The summed E-state index contributed by atoms with van der Waals surface area (Å²) in [7, 11) is 0. The fraction of sp³-hybridized carbons (Fsp3) is 0.185. The van der Waals surface area contributed by atoms with Crippen LogP contribution in [-0.4, -0.2) is 37.0 Å². The molecular formula is C27H26N6OS. The monoisotopic (exact) mass is 482 g/mol. The Morgan fingerprint density at radius 2 is 1.86 bits per heavy atom. The van der Waals surface area contributed by atoms with Gasteiger partial charge in [-0.05, 0) is 73.2 Å². The quantitative estimate of drug-likeness (QED) is 0.376. The Morgan fingerprint density at radius 3 is 2.60 bits per heavy atom. The van der Waals surface area contributed by atoms with Gasteiger partial charge in [-0.2, -0.15) is 0 Å². The predicted molar refractivity (Wildman–Crippen MR) is 140 cm³/mol. The van der Waals surface area contributed by atoms with Crippen LogP contribution in [0.2, 0.25) is 0 Å². The Labute approximate surface area is 209 Å². The van der Waals surface area contributed by atoms with Crippen LogP contribution in [0, 0.1) is 6.92 Å². The van der Waals surface area contributed by atoms with Gasteiger partial charge >= 0.3 is 0 Å². The summed E-state index contributed by atoms with van der Waals surface area (Å²) < 4.78 is 2.07. The van der Waals surface area contributed by atoms with Crippen molar-refractivity contribution >= 4 is 28.9 Å². The molecule has 2 N–H and O–H groups in total. The van der Waals surface area contributed by atoms with E-state index >= 15 is 0 Å². The largest absolute Gasteiger partial charge is 0.352 e. The molecule has 0 aliphatic carbocycles. The smallest absolute Gasteiger partial charge is 0.226 e. The van der Waals surface area contributed by atoms with E-state index in [2.05, 4.69) is 36.1 Å². The van der Waals surface area contributed by atoms with Crippen LogP contribution in [0.1, 0.15) is 35.5 Å². The van der Waals surface area contributed by atoms with Crippen LogP contribution < -0.4 is 10.6 Å². The van der Waals surface area contributed by atoms with Gasteiger partial charge in [0.2, 0.25) is 5.91 Å². The number of aryl methyl sites for hydroxylation is 1. The van der Waals surface area contributed by atoms with E-state index in [1.54, 1.807) is 12.4 Å². The number of amides is 1. The van der Waals surface area contributed by atoms with Crippen molar-refractivity contribution in [3.05, 3.63) is 108 Å². The number of nitrogens with one attached hydrogen (secondary N) is 2. The molecule has 1 aliphatic rings. The number of rotatable bonds is 7. The number of benzene rings is 1. The zero-order valence-electron chi connectivity index (χ0n) is 19.3. The lowest BCUT2D eigenvalue weighted by Gasteiger charge is -2.28. The van der Waals surface area contributed by atoms with Crippen molar-refractivity contribution in [3.63, 3.8) is 0 Å². The first-order valence-corrected chi connectivity index (χ1v) is 11.9. The van der Waals surface area contributed by atoms with Gasteiger partial charge in [0.25, 0.3) is 0 Å². The van der Waals surface area contributed by atoms with Crippen molar-refractivity contribution in [3.8, 4) is 5.82 Å². The van der Waals surface area contributed by atoms with Crippen LogP contribution in [0.5, 0.6) is 0 Å². The SMILES string of the molecule is Cc1cccc(NC(=O)CCN2C(=S)N[C@H](c3ccccn3)[C@H]2c2cccn2-c2ccccn2)c1. The minimum absolute atomic E-state index is 0.0569. The summed E-state index contributed by atoms with van der Waals surface area (Å²) >= 11 is 5.76. The number of pyridine rings is 2. The fourth-order valence-corrected chi connectivity index (χ4v) is 4.81. The molecule has 7 nitrogen and oxygen atoms in total. The highest BCUT2D eigenvalue weighted by atomic mass is 32.1. The van der Waals surface area contributed by atoms with Crippen LogP contribution in [0.25, 0.3) is 5.82 Å². The van der Waals surface area contributed by atoms with Crippen molar-refractivity contribution in [2.45, 2.75) is 25.4 Å². The van der Waals surface area contributed by atoms with Gasteiger partial charge in [-0.25, -0.2) is 4.98 Å². The first-order chi connectivity index (χ1) is 17.1. The zero-order valence-corrected chi connectivity index (χ0v) is 20.2. The minimum Gasteiger partial charge on any atom is -0.352 e. The van der Waals surface area contributed by atoms with E-state index < -0.39 is 0 Å². The summed E-state index contributed by atoms with van der Waals surface area (Å²) in [6, 6.07) is 23.2. The van der Waals surface area contributed by atoms with Gasteiger partial charge in [-0.3, -0.25) is 9.78 Å². The van der Waals surface area contributed by atoms with E-state index in [1.165, 1.54) is 0 Å². The third-order valence-corrected chi connectivity index (χ3v) is 6.41. The lowest BCUT2D eigenvalue weighted by atomic mass is 10.0. The molecule has 8 heteroatoms. The third kappa shape index (κ3) is 4.93. The second-order valence-electron chi connectivity index (χ2n) is 8.48. The third-order valence-electron chi connectivity index (χ3n) is 6.06. The summed E-state index contributed by atoms with van der Waals surface area (Å²) in [5.74, 6) is 0.765. The van der Waals surface area contributed by atoms with Crippen molar-refractivity contribution in [2.75, 3.05) is 11.9 Å². The summed E-state index contributed by atoms with van der Waals surface area (Å²) in [6.07, 6.45) is 5.86. The van der Waals surface area contributed by atoms with Gasteiger partial charge in [-0.1, -0.05) is 24.3 Å². The van der Waals surface area contributed by atoms with Crippen molar-refractivity contribution in [1.82, 2.24) is 24.8 Å². The molecule has 5 rings (SSSR count). The molecule has 1 aromatic carbocycles. The van der Waals surface area contributed by atoms with Crippen LogP contribution in [-0.2, 0) is 4.79 Å². The molecule has 35 heavy (non-hydrogen) atoms. The number of aromatic nitrogens is 3. The summed E-state index contributed by atoms with van der Waals surface area (Å²) in [5, 5.41) is 7.04. The first-order valence-electron chi connectivity index (χ1n) is 11.5. The van der Waals surface area contributed by atoms with Gasteiger partial charge in [0.1, 0.15) is 5.82 Å². The number of nitrogens with zero attached hydrogens (tertiary/aromatic N) is 4. The second kappa shape index (κ2) is 10.1. The van der Waals surface area contributed by atoms with E-state index in [-0.39, 0.29) is 18.0 Å². The molecule has 0 spiro atoms. The molecule has 1 saturated heterocycles. The van der Waals surface area contributed by atoms with Gasteiger partial charge in [0.15, 0.2) is 5.11 Å². The number of hydrogen-bond donors (Lipinski definition) is 2. The molecule has 176 valence electrons. The van der Waals surface area contributed by atoms with E-state index in [0.29, 0.717) is 18.1 Å². The molecule has 1 fully saturated rings. The average Bonchev–Trinajstić information content (AvgIpc) is 3.48. The van der Waals surface area contributed by atoms with Crippen molar-refractivity contribution in [1.29, 1.82) is 0 Å². The Kier molecular flexibility index (Phi) is 6.54. The molecule has 2 atom stereocenters. The van der Waals surface area contributed by atoms with Crippen LogP contribution in [0.15, 0.2) is 91.4 Å². The highest BCUT2D eigenvalue weighted by Crippen LogP contribution is 2.39. The normalized spacial score (nSPS) is 17.3. The molecule has 4 heterocycles. The Bertz CT molecular complexity index is 1320. The van der Waals surface area contributed by atoms with Crippen LogP contribution in [0.4, 0.5) is 5.69 Å².